The van der Waals surface area contributed by atoms with E-state index in [1.54, 1.807) is 6.07 Å². The fraction of sp³-hybridized carbons (Fsp3) is 0.176. The lowest BCUT2D eigenvalue weighted by molar-refractivity contribution is -0.141. The second kappa shape index (κ2) is 6.32. The van der Waals surface area contributed by atoms with Crippen molar-refractivity contribution >= 4 is 33.5 Å². The number of rotatable bonds is 3. The van der Waals surface area contributed by atoms with Gasteiger partial charge in [0.2, 0.25) is 5.91 Å². The minimum atomic E-state index is -0.527. The monoisotopic (exact) mass is 359 g/mol. The van der Waals surface area contributed by atoms with E-state index in [0.717, 1.165) is 10.0 Å². The van der Waals surface area contributed by atoms with E-state index in [2.05, 4.69) is 21.2 Å². The fourth-order valence-electron chi connectivity index (χ4n) is 2.53. The molecular weight excluding hydrogens is 346 g/mol. The molecule has 0 spiro atoms. The average molecular weight is 360 g/mol. The number of anilines is 1. The SMILES string of the molecule is O=C1C[C@@H](C(=O)Nc2cccc(Br)c2)[C@@H](c2ccccc2)O1. The van der Waals surface area contributed by atoms with Crippen LogP contribution in [0.25, 0.3) is 0 Å². The molecule has 2 aromatic rings. The van der Waals surface area contributed by atoms with Gasteiger partial charge < -0.3 is 10.1 Å². The number of ether oxygens (including phenoxy) is 1. The van der Waals surface area contributed by atoms with Gasteiger partial charge in [-0.2, -0.15) is 0 Å². The number of benzene rings is 2. The molecule has 0 aromatic heterocycles. The molecule has 0 unspecified atom stereocenters. The number of carbonyl (C=O) groups excluding carboxylic acids is 2. The molecule has 0 aliphatic carbocycles. The van der Waals surface area contributed by atoms with Crippen LogP contribution in [0.5, 0.6) is 0 Å². The number of amides is 1. The van der Waals surface area contributed by atoms with E-state index in [9.17, 15) is 9.59 Å². The lowest BCUT2D eigenvalue weighted by atomic mass is 9.94. The largest absolute Gasteiger partial charge is 0.457 e. The fourth-order valence-corrected chi connectivity index (χ4v) is 2.93. The van der Waals surface area contributed by atoms with E-state index in [-0.39, 0.29) is 18.3 Å². The van der Waals surface area contributed by atoms with E-state index >= 15 is 0 Å². The summed E-state index contributed by atoms with van der Waals surface area (Å²) < 4.78 is 6.21. The third kappa shape index (κ3) is 3.20. The molecule has 0 bridgehead atoms. The smallest absolute Gasteiger partial charge is 0.307 e. The maximum atomic E-state index is 12.5. The van der Waals surface area contributed by atoms with Gasteiger partial charge in [-0.1, -0.05) is 52.3 Å². The van der Waals surface area contributed by atoms with Crippen molar-refractivity contribution in [3.8, 4) is 0 Å². The summed E-state index contributed by atoms with van der Waals surface area (Å²) in [5.41, 5.74) is 1.52. The number of nitrogens with one attached hydrogen (secondary N) is 1. The van der Waals surface area contributed by atoms with Gasteiger partial charge in [-0.05, 0) is 23.8 Å². The van der Waals surface area contributed by atoms with Crippen molar-refractivity contribution in [2.45, 2.75) is 12.5 Å². The molecule has 0 radical (unpaired) electrons. The van der Waals surface area contributed by atoms with E-state index in [1.165, 1.54) is 0 Å². The Balaban J connectivity index is 1.79. The summed E-state index contributed by atoms with van der Waals surface area (Å²) in [7, 11) is 0. The van der Waals surface area contributed by atoms with Crippen molar-refractivity contribution in [2.24, 2.45) is 5.92 Å². The molecule has 2 aromatic carbocycles. The molecule has 4 nitrogen and oxygen atoms in total. The van der Waals surface area contributed by atoms with Gasteiger partial charge in [-0.3, -0.25) is 9.59 Å². The van der Waals surface area contributed by atoms with Gasteiger partial charge in [0.05, 0.1) is 12.3 Å². The van der Waals surface area contributed by atoms with Gasteiger partial charge in [0.15, 0.2) is 0 Å². The Morgan fingerprint density at radius 1 is 1.14 bits per heavy atom. The van der Waals surface area contributed by atoms with Crippen molar-refractivity contribution in [3.63, 3.8) is 0 Å². The first kappa shape index (κ1) is 14.8. The number of carbonyl (C=O) groups is 2. The maximum Gasteiger partial charge on any atom is 0.307 e. The average Bonchev–Trinajstić information content (AvgIpc) is 2.90. The molecule has 5 heteroatoms. The Morgan fingerprint density at radius 3 is 2.64 bits per heavy atom. The first-order valence-electron chi connectivity index (χ1n) is 6.94. The van der Waals surface area contributed by atoms with E-state index < -0.39 is 12.0 Å². The molecule has 1 saturated heterocycles. The zero-order valence-corrected chi connectivity index (χ0v) is 13.2. The summed E-state index contributed by atoms with van der Waals surface area (Å²) >= 11 is 3.36. The van der Waals surface area contributed by atoms with Crippen molar-refractivity contribution < 1.29 is 14.3 Å². The number of halogens is 1. The quantitative estimate of drug-likeness (QED) is 0.850. The van der Waals surface area contributed by atoms with Crippen LogP contribution in [0.1, 0.15) is 18.1 Å². The minimum Gasteiger partial charge on any atom is -0.457 e. The predicted octanol–water partition coefficient (Wildman–Crippen LogP) is 3.69. The van der Waals surface area contributed by atoms with E-state index in [1.807, 2.05) is 48.5 Å². The maximum absolute atomic E-state index is 12.5. The standard InChI is InChI=1S/C17H14BrNO3/c18-12-7-4-8-13(9-12)19-17(21)14-10-15(20)22-16(14)11-5-2-1-3-6-11/h1-9,14,16H,10H2,(H,19,21)/t14-,16-/m1/s1. The third-order valence-corrected chi connectivity index (χ3v) is 4.06. The summed E-state index contributed by atoms with van der Waals surface area (Å²) in [5, 5.41) is 2.84. The van der Waals surface area contributed by atoms with Crippen LogP contribution in [0.15, 0.2) is 59.1 Å². The Bertz CT molecular complexity index is 702. The molecule has 1 amide bonds. The van der Waals surface area contributed by atoms with Gasteiger partial charge in [0, 0.05) is 10.2 Å². The molecule has 3 rings (SSSR count). The summed E-state index contributed by atoms with van der Waals surface area (Å²) in [6.45, 7) is 0. The highest BCUT2D eigenvalue weighted by atomic mass is 79.9. The van der Waals surface area contributed by atoms with Crippen LogP contribution in [0.2, 0.25) is 0 Å². The highest BCUT2D eigenvalue weighted by Crippen LogP contribution is 2.36. The lowest BCUT2D eigenvalue weighted by Crippen LogP contribution is -2.25. The minimum absolute atomic E-state index is 0.0966. The topological polar surface area (TPSA) is 55.4 Å². The van der Waals surface area contributed by atoms with E-state index in [4.69, 9.17) is 4.74 Å². The molecule has 1 N–H and O–H groups in total. The predicted molar refractivity (Wildman–Crippen MR) is 86.2 cm³/mol. The highest BCUT2D eigenvalue weighted by molar-refractivity contribution is 9.10. The number of esters is 1. The summed E-state index contributed by atoms with van der Waals surface area (Å²) in [6, 6.07) is 16.7. The highest BCUT2D eigenvalue weighted by Gasteiger charge is 2.40. The van der Waals surface area contributed by atoms with Crippen molar-refractivity contribution in [1.29, 1.82) is 0 Å². The Hall–Kier alpha value is -2.14. The van der Waals surface area contributed by atoms with Crippen molar-refractivity contribution in [3.05, 3.63) is 64.6 Å². The van der Waals surface area contributed by atoms with Crippen molar-refractivity contribution in [1.82, 2.24) is 0 Å². The van der Waals surface area contributed by atoms with E-state index in [0.29, 0.717) is 5.69 Å². The van der Waals surface area contributed by atoms with Crippen LogP contribution in [-0.4, -0.2) is 11.9 Å². The zero-order chi connectivity index (χ0) is 15.5. The number of hydrogen-bond acceptors (Lipinski definition) is 3. The number of hydrogen-bond donors (Lipinski definition) is 1. The molecule has 2 atom stereocenters. The molecule has 1 heterocycles. The van der Waals surface area contributed by atoms with Crippen LogP contribution in [-0.2, 0) is 14.3 Å². The molecule has 22 heavy (non-hydrogen) atoms. The number of cyclic esters (lactones) is 1. The van der Waals surface area contributed by atoms with Crippen LogP contribution in [0.4, 0.5) is 5.69 Å². The Labute approximate surface area is 136 Å². The van der Waals surface area contributed by atoms with Gasteiger partial charge in [0.1, 0.15) is 6.10 Å². The first-order valence-corrected chi connectivity index (χ1v) is 7.73. The summed E-state index contributed by atoms with van der Waals surface area (Å²) in [5.74, 6) is -1.07. The van der Waals surface area contributed by atoms with Crippen molar-refractivity contribution in [2.75, 3.05) is 5.32 Å². The first-order chi connectivity index (χ1) is 10.6. The molecule has 0 saturated carbocycles. The van der Waals surface area contributed by atoms with Gasteiger partial charge >= 0.3 is 5.97 Å². The Kier molecular flexibility index (Phi) is 4.24. The second-order valence-corrected chi connectivity index (χ2v) is 6.05. The third-order valence-electron chi connectivity index (χ3n) is 3.57. The normalized spacial score (nSPS) is 20.5. The Morgan fingerprint density at radius 2 is 1.91 bits per heavy atom. The summed E-state index contributed by atoms with van der Waals surface area (Å²) in [6.07, 6.45) is -0.430. The summed E-state index contributed by atoms with van der Waals surface area (Å²) in [4.78, 5) is 24.1. The zero-order valence-electron chi connectivity index (χ0n) is 11.7. The van der Waals surface area contributed by atoms with Crippen LogP contribution >= 0.6 is 15.9 Å². The molecule has 1 fully saturated rings. The molecule has 1 aliphatic rings. The van der Waals surface area contributed by atoms with Gasteiger partial charge in [0.25, 0.3) is 0 Å². The van der Waals surface area contributed by atoms with Gasteiger partial charge in [-0.15, -0.1) is 0 Å². The van der Waals surface area contributed by atoms with Crippen LogP contribution in [0, 0.1) is 5.92 Å². The molecular formula is C17H14BrNO3. The molecule has 1 aliphatic heterocycles. The second-order valence-electron chi connectivity index (χ2n) is 5.13. The van der Waals surface area contributed by atoms with Crippen LogP contribution in [0.3, 0.4) is 0 Å². The van der Waals surface area contributed by atoms with Crippen LogP contribution < -0.4 is 5.32 Å². The van der Waals surface area contributed by atoms with Gasteiger partial charge in [-0.25, -0.2) is 0 Å². The molecule has 112 valence electrons. The lowest BCUT2D eigenvalue weighted by Gasteiger charge is -2.17.